The zero-order valence-electron chi connectivity index (χ0n) is 18.3. The molecule has 2 atom stereocenters. The summed E-state index contributed by atoms with van der Waals surface area (Å²) in [6.07, 6.45) is 11.1. The van der Waals surface area contributed by atoms with Gasteiger partial charge in [0.25, 0.3) is 0 Å². The van der Waals surface area contributed by atoms with E-state index in [4.69, 9.17) is 21.4 Å². The lowest BCUT2D eigenvalue weighted by atomic mass is 9.78. The van der Waals surface area contributed by atoms with E-state index >= 15 is 0 Å². The van der Waals surface area contributed by atoms with E-state index in [-0.39, 0.29) is 0 Å². The van der Waals surface area contributed by atoms with Crippen molar-refractivity contribution in [2.24, 2.45) is 22.4 Å². The van der Waals surface area contributed by atoms with Gasteiger partial charge in [-0.1, -0.05) is 0 Å². The third kappa shape index (κ3) is 4.04. The highest BCUT2D eigenvalue weighted by Crippen LogP contribution is 2.35. The van der Waals surface area contributed by atoms with Crippen LogP contribution in [-0.2, 0) is 0 Å². The fraction of sp³-hybridized carbons (Fsp3) is 0.542. The van der Waals surface area contributed by atoms with Crippen molar-refractivity contribution in [1.82, 2.24) is 14.9 Å². The van der Waals surface area contributed by atoms with Crippen LogP contribution in [0.3, 0.4) is 0 Å². The average molecular weight is 420 g/mol. The Morgan fingerprint density at radius 3 is 2.77 bits per heavy atom. The third-order valence-electron chi connectivity index (χ3n) is 7.30. The maximum absolute atomic E-state index is 5.92. The van der Waals surface area contributed by atoms with E-state index in [1.165, 1.54) is 18.5 Å². The molecule has 2 saturated heterocycles. The normalized spacial score (nSPS) is 28.7. The minimum Gasteiger partial charge on any atom is -0.404 e. The minimum absolute atomic E-state index is 0.390. The largest absolute Gasteiger partial charge is 0.404 e. The number of aliphatic imine (C=N–C) groups is 1. The summed E-state index contributed by atoms with van der Waals surface area (Å²) < 4.78 is 0. The molecule has 3 fully saturated rings. The summed E-state index contributed by atoms with van der Waals surface area (Å²) in [5.74, 6) is 0.774. The molecular weight excluding hydrogens is 386 g/mol. The average Bonchev–Trinajstić information content (AvgIpc) is 3.34. The first kappa shape index (κ1) is 20.4. The van der Waals surface area contributed by atoms with Gasteiger partial charge >= 0.3 is 0 Å². The van der Waals surface area contributed by atoms with Crippen LogP contribution in [0.25, 0.3) is 16.6 Å². The molecule has 2 unspecified atom stereocenters. The lowest BCUT2D eigenvalue weighted by Gasteiger charge is -2.33. The van der Waals surface area contributed by atoms with Crippen molar-refractivity contribution >= 4 is 28.5 Å². The second-order valence-electron chi connectivity index (χ2n) is 9.39. The number of rotatable bonds is 7. The van der Waals surface area contributed by atoms with Crippen molar-refractivity contribution in [2.75, 3.05) is 31.6 Å². The smallest absolute Gasteiger partial charge is 0.0922 e. The summed E-state index contributed by atoms with van der Waals surface area (Å²) in [5.41, 5.74) is 16.2. The summed E-state index contributed by atoms with van der Waals surface area (Å²) in [6, 6.07) is 8.09. The fourth-order valence-electron chi connectivity index (χ4n) is 5.34. The molecule has 3 aliphatic rings. The van der Waals surface area contributed by atoms with Crippen LogP contribution in [-0.4, -0.2) is 65.9 Å². The number of likely N-dealkylation sites (N-methyl/N-ethyl adjacent to an activating group) is 1. The highest BCUT2D eigenvalue weighted by atomic mass is 15.3. The Morgan fingerprint density at radius 2 is 2.06 bits per heavy atom. The molecule has 2 aromatic rings. The van der Waals surface area contributed by atoms with E-state index < -0.39 is 0 Å². The number of likely N-dealkylation sites (tertiary alicyclic amines) is 1. The van der Waals surface area contributed by atoms with Crippen LogP contribution in [0, 0.1) is 5.92 Å². The van der Waals surface area contributed by atoms with Gasteiger partial charge in [0.05, 0.1) is 29.0 Å². The molecule has 5 rings (SSSR count). The molecule has 0 amide bonds. The maximum Gasteiger partial charge on any atom is 0.0922 e. The van der Waals surface area contributed by atoms with Crippen LogP contribution in [0.2, 0.25) is 0 Å². The van der Waals surface area contributed by atoms with Gasteiger partial charge in [-0.05, 0) is 69.8 Å². The van der Waals surface area contributed by atoms with Gasteiger partial charge in [0, 0.05) is 48.8 Å². The van der Waals surface area contributed by atoms with Gasteiger partial charge in [0.1, 0.15) is 0 Å². The van der Waals surface area contributed by atoms with Crippen molar-refractivity contribution in [2.45, 2.75) is 50.2 Å². The highest BCUT2D eigenvalue weighted by Gasteiger charge is 2.41. The lowest BCUT2D eigenvalue weighted by Crippen LogP contribution is -2.44. The summed E-state index contributed by atoms with van der Waals surface area (Å²) in [4.78, 5) is 19.2. The second-order valence-corrected chi connectivity index (χ2v) is 9.39. The molecule has 1 aromatic heterocycles. The van der Waals surface area contributed by atoms with Crippen LogP contribution >= 0.6 is 0 Å². The van der Waals surface area contributed by atoms with Gasteiger partial charge in [0.2, 0.25) is 0 Å². The molecule has 3 heterocycles. The molecule has 1 saturated carbocycles. The lowest BCUT2D eigenvalue weighted by molar-refractivity contribution is 0.249. The van der Waals surface area contributed by atoms with Crippen LogP contribution in [0.1, 0.15) is 37.8 Å². The Labute approximate surface area is 184 Å². The topological polar surface area (TPSA) is 96.7 Å². The Morgan fingerprint density at radius 1 is 1.19 bits per heavy atom. The quantitative estimate of drug-likeness (QED) is 0.669. The number of nitrogens with two attached hydrogens (primary N) is 2. The van der Waals surface area contributed by atoms with Gasteiger partial charge in [-0.15, -0.1) is 0 Å². The van der Waals surface area contributed by atoms with E-state index in [1.807, 2.05) is 6.21 Å². The van der Waals surface area contributed by atoms with E-state index in [1.54, 1.807) is 12.4 Å². The predicted octanol–water partition coefficient (Wildman–Crippen LogP) is 2.41. The number of piperazine rings is 1. The van der Waals surface area contributed by atoms with E-state index in [0.717, 1.165) is 67.1 Å². The Balaban J connectivity index is 1.30. The molecule has 2 aliphatic heterocycles. The third-order valence-corrected chi connectivity index (χ3v) is 7.30. The molecule has 7 heteroatoms. The van der Waals surface area contributed by atoms with Crippen molar-refractivity contribution < 1.29 is 0 Å². The highest BCUT2D eigenvalue weighted by molar-refractivity contribution is 6.09. The van der Waals surface area contributed by atoms with Crippen LogP contribution in [0.15, 0.2) is 35.6 Å². The molecule has 1 aliphatic carbocycles. The molecule has 2 bridgehead atoms. The molecule has 7 nitrogen and oxygen atoms in total. The number of allylic oxidation sites excluding steroid dienone is 1. The molecular formula is C24H33N7. The molecule has 0 radical (unpaired) electrons. The number of anilines is 1. The molecule has 164 valence electrons. The van der Waals surface area contributed by atoms with E-state index in [2.05, 4.69) is 40.0 Å². The Bertz CT molecular complexity index is 993. The van der Waals surface area contributed by atoms with Gasteiger partial charge < -0.3 is 16.4 Å². The predicted molar refractivity (Wildman–Crippen MR) is 127 cm³/mol. The molecule has 0 spiro atoms. The first-order valence-corrected chi connectivity index (χ1v) is 11.5. The second kappa shape index (κ2) is 8.55. The van der Waals surface area contributed by atoms with Crippen molar-refractivity contribution in [3.63, 3.8) is 0 Å². The summed E-state index contributed by atoms with van der Waals surface area (Å²) in [7, 11) is 2.23. The molecule has 4 N–H and O–H groups in total. The number of nitrogens with zero attached hydrogens (tertiary/aromatic N) is 5. The number of aromatic nitrogens is 2. The number of hydrogen-bond donors (Lipinski definition) is 2. The maximum atomic E-state index is 5.92. The number of fused-ring (bicyclic) bond motifs is 3. The van der Waals surface area contributed by atoms with Crippen molar-refractivity contribution in [1.29, 1.82) is 0 Å². The molecule has 31 heavy (non-hydrogen) atoms. The van der Waals surface area contributed by atoms with Gasteiger partial charge in [-0.3, -0.25) is 14.9 Å². The summed E-state index contributed by atoms with van der Waals surface area (Å²) in [6.45, 7) is 3.01. The monoisotopic (exact) mass is 419 g/mol. The summed E-state index contributed by atoms with van der Waals surface area (Å²) >= 11 is 0. The van der Waals surface area contributed by atoms with Gasteiger partial charge in [-0.2, -0.15) is 0 Å². The zero-order chi connectivity index (χ0) is 21.4. The number of hydrogen-bond acceptors (Lipinski definition) is 7. The Kier molecular flexibility index (Phi) is 5.63. The van der Waals surface area contributed by atoms with Crippen molar-refractivity contribution in [3.8, 4) is 0 Å². The Hall–Kier alpha value is -2.51. The standard InChI is InChI=1S/C24H33N7/c1-30-14-21-9-20(30)15-31(21)19-4-5-22-23(10-19)29-24(13-28-22)17(11-26)12-27-18-7-16(8-18)3-2-6-25/h4-5,10-13,16,18,20-21H,2-3,6-9,14-15,25-26H2,1H3. The first-order chi connectivity index (χ1) is 15.1. The minimum atomic E-state index is 0.390. The van der Waals surface area contributed by atoms with Crippen LogP contribution in [0.5, 0.6) is 0 Å². The number of benzene rings is 1. The van der Waals surface area contributed by atoms with E-state index in [9.17, 15) is 0 Å². The zero-order valence-corrected chi connectivity index (χ0v) is 18.3. The van der Waals surface area contributed by atoms with Crippen LogP contribution in [0.4, 0.5) is 5.69 Å². The van der Waals surface area contributed by atoms with Gasteiger partial charge in [-0.25, -0.2) is 4.98 Å². The van der Waals surface area contributed by atoms with E-state index in [0.29, 0.717) is 18.1 Å². The van der Waals surface area contributed by atoms with Crippen molar-refractivity contribution in [3.05, 3.63) is 36.3 Å². The first-order valence-electron chi connectivity index (χ1n) is 11.5. The fourth-order valence-corrected chi connectivity index (χ4v) is 5.34. The van der Waals surface area contributed by atoms with Gasteiger partial charge in [0.15, 0.2) is 0 Å². The SMILES string of the molecule is CN1CC2CC1CN2c1ccc2ncc(C(C=NC3CC(CCCN)C3)=CN)nc2c1. The van der Waals surface area contributed by atoms with Crippen LogP contribution < -0.4 is 16.4 Å². The molecule has 1 aromatic carbocycles. The summed E-state index contributed by atoms with van der Waals surface area (Å²) in [5, 5.41) is 0.